The van der Waals surface area contributed by atoms with Crippen LogP contribution in [0.3, 0.4) is 0 Å². The van der Waals surface area contributed by atoms with Crippen molar-refractivity contribution in [3.05, 3.63) is 53.6 Å². The van der Waals surface area contributed by atoms with Crippen LogP contribution >= 0.6 is 11.8 Å². The van der Waals surface area contributed by atoms with Crippen molar-refractivity contribution in [3.8, 4) is 11.5 Å². The average molecular weight is 485 g/mol. The number of carboxylic acids is 1. The number of ether oxygens (including phenoxy) is 2. The van der Waals surface area contributed by atoms with Crippen LogP contribution in [-0.2, 0) is 14.4 Å². The van der Waals surface area contributed by atoms with E-state index >= 15 is 0 Å². The Morgan fingerprint density at radius 2 is 2.00 bits per heavy atom. The number of nitrogens with one attached hydrogen (secondary N) is 2. The molecule has 1 unspecified atom stereocenters. The van der Waals surface area contributed by atoms with Gasteiger partial charge in [-0.25, -0.2) is 0 Å². The summed E-state index contributed by atoms with van der Waals surface area (Å²) >= 11 is 1.02. The van der Waals surface area contributed by atoms with E-state index in [-0.39, 0.29) is 24.1 Å². The Morgan fingerprint density at radius 1 is 1.21 bits per heavy atom. The SMILES string of the molecule is CCOc1cc(C=NN=C2NC(=O)C(CC(=O)O)S2)ccc1OCC(=O)Nc1ccccc1C. The average Bonchev–Trinajstić information content (AvgIpc) is 3.13. The predicted molar refractivity (Wildman–Crippen MR) is 130 cm³/mol. The van der Waals surface area contributed by atoms with Gasteiger partial charge in [-0.3, -0.25) is 14.4 Å². The second-order valence-corrected chi connectivity index (χ2v) is 8.33. The van der Waals surface area contributed by atoms with Gasteiger partial charge in [-0.1, -0.05) is 30.0 Å². The molecule has 0 aromatic heterocycles. The van der Waals surface area contributed by atoms with E-state index in [2.05, 4.69) is 20.8 Å². The summed E-state index contributed by atoms with van der Waals surface area (Å²) in [6, 6.07) is 12.5. The van der Waals surface area contributed by atoms with Crippen LogP contribution in [0.25, 0.3) is 0 Å². The molecule has 178 valence electrons. The van der Waals surface area contributed by atoms with Gasteiger partial charge in [0.1, 0.15) is 5.25 Å². The van der Waals surface area contributed by atoms with E-state index in [0.717, 1.165) is 23.0 Å². The summed E-state index contributed by atoms with van der Waals surface area (Å²) in [5.41, 5.74) is 2.33. The van der Waals surface area contributed by atoms with E-state index in [9.17, 15) is 14.4 Å². The first kappa shape index (κ1) is 24.8. The van der Waals surface area contributed by atoms with E-state index in [1.807, 2.05) is 38.1 Å². The van der Waals surface area contributed by atoms with Gasteiger partial charge in [-0.2, -0.15) is 5.10 Å². The minimum Gasteiger partial charge on any atom is -0.490 e. The first-order valence-corrected chi connectivity index (χ1v) is 11.3. The molecule has 10 nitrogen and oxygen atoms in total. The lowest BCUT2D eigenvalue weighted by molar-refractivity contribution is -0.138. The molecule has 11 heteroatoms. The number of rotatable bonds is 10. The van der Waals surface area contributed by atoms with Crippen molar-refractivity contribution in [2.75, 3.05) is 18.5 Å². The quantitative estimate of drug-likeness (QED) is 0.348. The molecule has 1 aliphatic rings. The Balaban J connectivity index is 1.61. The number of hydrogen-bond donors (Lipinski definition) is 3. The van der Waals surface area contributed by atoms with E-state index in [0.29, 0.717) is 23.7 Å². The smallest absolute Gasteiger partial charge is 0.305 e. The predicted octanol–water partition coefficient (Wildman–Crippen LogP) is 2.81. The van der Waals surface area contributed by atoms with Crippen LogP contribution in [0.1, 0.15) is 24.5 Å². The van der Waals surface area contributed by atoms with Crippen LogP contribution in [0.15, 0.2) is 52.7 Å². The van der Waals surface area contributed by atoms with E-state index in [4.69, 9.17) is 14.6 Å². The number of hydrogen-bond acceptors (Lipinski definition) is 8. The molecule has 3 N–H and O–H groups in total. The highest BCUT2D eigenvalue weighted by molar-refractivity contribution is 8.15. The number of amides is 2. The van der Waals surface area contributed by atoms with Crippen LogP contribution in [0.2, 0.25) is 0 Å². The van der Waals surface area contributed by atoms with Crippen LogP contribution in [0, 0.1) is 6.92 Å². The molecule has 2 aromatic rings. The third-order valence-electron chi connectivity index (χ3n) is 4.54. The fourth-order valence-corrected chi connectivity index (χ4v) is 3.84. The number of carboxylic acid groups (broad SMARTS) is 1. The molecule has 1 aliphatic heterocycles. The zero-order valence-electron chi connectivity index (χ0n) is 18.6. The molecular weight excluding hydrogens is 460 g/mol. The van der Waals surface area contributed by atoms with Gasteiger partial charge < -0.3 is 25.2 Å². The molecule has 0 aliphatic carbocycles. The van der Waals surface area contributed by atoms with Gasteiger partial charge >= 0.3 is 5.97 Å². The van der Waals surface area contributed by atoms with Crippen molar-refractivity contribution >= 4 is 46.6 Å². The van der Waals surface area contributed by atoms with Crippen LogP contribution in [-0.4, -0.2) is 52.7 Å². The summed E-state index contributed by atoms with van der Waals surface area (Å²) in [5, 5.41) is 21.5. The lowest BCUT2D eigenvalue weighted by Crippen LogP contribution is -2.26. The zero-order valence-corrected chi connectivity index (χ0v) is 19.4. The summed E-state index contributed by atoms with van der Waals surface area (Å²) in [6.07, 6.45) is 1.17. The minimum atomic E-state index is -1.06. The van der Waals surface area contributed by atoms with Gasteiger partial charge in [-0.05, 0) is 49.2 Å². The fraction of sp³-hybridized carbons (Fsp3) is 0.261. The Bertz CT molecular complexity index is 1130. The molecule has 1 heterocycles. The summed E-state index contributed by atoms with van der Waals surface area (Å²) in [5.74, 6) is -0.924. The van der Waals surface area contributed by atoms with Gasteiger partial charge in [0.25, 0.3) is 5.91 Å². The number of aryl methyl sites for hydroxylation is 1. The third kappa shape index (κ3) is 7.07. The molecular formula is C23H24N4O6S. The van der Waals surface area contributed by atoms with E-state index < -0.39 is 17.1 Å². The maximum atomic E-state index is 12.3. The Hall–Kier alpha value is -3.86. The summed E-state index contributed by atoms with van der Waals surface area (Å²) in [4.78, 5) is 34.8. The van der Waals surface area contributed by atoms with Crippen LogP contribution in [0.5, 0.6) is 11.5 Å². The van der Waals surface area contributed by atoms with Gasteiger partial charge in [0.2, 0.25) is 5.91 Å². The second-order valence-electron chi connectivity index (χ2n) is 7.13. The number of carbonyl (C=O) groups excluding carboxylic acids is 2. The maximum absolute atomic E-state index is 12.3. The molecule has 2 aromatic carbocycles. The first-order chi connectivity index (χ1) is 16.4. The van der Waals surface area contributed by atoms with Crippen molar-refractivity contribution in [2.45, 2.75) is 25.5 Å². The molecule has 34 heavy (non-hydrogen) atoms. The highest BCUT2D eigenvalue weighted by Crippen LogP contribution is 2.28. The summed E-state index contributed by atoms with van der Waals surface area (Å²) in [7, 11) is 0. The van der Waals surface area contributed by atoms with Crippen LogP contribution in [0.4, 0.5) is 5.69 Å². The second kappa shape index (κ2) is 11.8. The number of benzene rings is 2. The van der Waals surface area contributed by atoms with Crippen molar-refractivity contribution in [1.82, 2.24) is 5.32 Å². The molecule has 1 saturated heterocycles. The minimum absolute atomic E-state index is 0.191. The van der Waals surface area contributed by atoms with Gasteiger partial charge in [0.05, 0.1) is 19.2 Å². The summed E-state index contributed by atoms with van der Waals surface area (Å²) < 4.78 is 11.3. The zero-order chi connectivity index (χ0) is 24.5. The monoisotopic (exact) mass is 484 g/mol. The summed E-state index contributed by atoms with van der Waals surface area (Å²) in [6.45, 7) is 3.93. The lowest BCUT2D eigenvalue weighted by Gasteiger charge is -2.13. The molecule has 0 radical (unpaired) electrons. The van der Waals surface area contributed by atoms with Crippen molar-refractivity contribution in [1.29, 1.82) is 0 Å². The highest BCUT2D eigenvalue weighted by atomic mass is 32.2. The molecule has 1 atom stereocenters. The largest absolute Gasteiger partial charge is 0.490 e. The standard InChI is InChI=1S/C23H24N4O6S/c1-3-32-18-10-15(12-24-27-23-26-22(31)19(34-23)11-21(29)30)8-9-17(18)33-13-20(28)25-16-7-5-4-6-14(16)2/h4-10,12,19H,3,11,13H2,1-2H3,(H,25,28)(H,29,30)(H,26,27,31). The fourth-order valence-electron chi connectivity index (χ4n) is 2.93. The maximum Gasteiger partial charge on any atom is 0.305 e. The molecule has 0 spiro atoms. The first-order valence-electron chi connectivity index (χ1n) is 10.4. The number of aliphatic carboxylic acids is 1. The van der Waals surface area contributed by atoms with Gasteiger partial charge in [0.15, 0.2) is 23.3 Å². The van der Waals surface area contributed by atoms with Crippen LogP contribution < -0.4 is 20.1 Å². The number of carbonyl (C=O) groups is 3. The highest BCUT2D eigenvalue weighted by Gasteiger charge is 2.32. The molecule has 1 fully saturated rings. The third-order valence-corrected chi connectivity index (χ3v) is 5.61. The van der Waals surface area contributed by atoms with Gasteiger partial charge in [0, 0.05) is 5.69 Å². The Morgan fingerprint density at radius 3 is 2.74 bits per heavy atom. The molecule has 3 rings (SSSR count). The van der Waals surface area contributed by atoms with Crippen molar-refractivity contribution < 1.29 is 29.0 Å². The normalized spacial score (nSPS) is 16.5. The Labute approximate surface area is 200 Å². The lowest BCUT2D eigenvalue weighted by atomic mass is 10.2. The number of amidine groups is 1. The van der Waals surface area contributed by atoms with Gasteiger partial charge in [-0.15, -0.1) is 5.10 Å². The topological polar surface area (TPSA) is 139 Å². The van der Waals surface area contributed by atoms with E-state index in [1.165, 1.54) is 6.21 Å². The number of para-hydroxylation sites is 1. The number of thioether (sulfide) groups is 1. The number of nitrogens with zero attached hydrogens (tertiary/aromatic N) is 2. The van der Waals surface area contributed by atoms with Crippen molar-refractivity contribution in [2.24, 2.45) is 10.2 Å². The van der Waals surface area contributed by atoms with Crippen molar-refractivity contribution in [3.63, 3.8) is 0 Å². The van der Waals surface area contributed by atoms with E-state index in [1.54, 1.807) is 18.2 Å². The number of anilines is 1. The molecule has 0 bridgehead atoms. The molecule has 2 amide bonds. The Kier molecular flexibility index (Phi) is 8.63. The molecule has 0 saturated carbocycles.